The van der Waals surface area contributed by atoms with Gasteiger partial charge in [-0.15, -0.1) is 0 Å². The van der Waals surface area contributed by atoms with Crippen LogP contribution < -0.4 is 5.32 Å². The van der Waals surface area contributed by atoms with Crippen LogP contribution in [0.1, 0.15) is 62.9 Å². The van der Waals surface area contributed by atoms with Crippen molar-refractivity contribution in [3.05, 3.63) is 23.5 Å². The highest BCUT2D eigenvalue weighted by atomic mass is 16.5. The molecule has 1 aliphatic heterocycles. The zero-order valence-electron chi connectivity index (χ0n) is 16.6. The first-order valence-corrected chi connectivity index (χ1v) is 9.77. The summed E-state index contributed by atoms with van der Waals surface area (Å²) in [5, 5.41) is 10.5. The molecule has 3 heterocycles. The summed E-state index contributed by atoms with van der Waals surface area (Å²) in [7, 11) is 0. The average molecular weight is 389 g/mol. The monoisotopic (exact) mass is 389 g/mol. The predicted octanol–water partition coefficient (Wildman–Crippen LogP) is 2.69. The molecule has 2 aromatic rings. The number of hydrogen-bond donors (Lipinski definition) is 1. The quantitative estimate of drug-likeness (QED) is 0.774. The van der Waals surface area contributed by atoms with E-state index in [0.717, 1.165) is 0 Å². The van der Waals surface area contributed by atoms with Gasteiger partial charge < -0.3 is 19.3 Å². The summed E-state index contributed by atoms with van der Waals surface area (Å²) in [6.07, 6.45) is 3.01. The molecule has 9 nitrogen and oxygen atoms in total. The lowest BCUT2D eigenvalue weighted by atomic mass is 9.95. The van der Waals surface area contributed by atoms with Gasteiger partial charge in [0.2, 0.25) is 17.7 Å². The second-order valence-corrected chi connectivity index (χ2v) is 7.52. The van der Waals surface area contributed by atoms with Gasteiger partial charge in [0.15, 0.2) is 11.6 Å². The van der Waals surface area contributed by atoms with Crippen molar-refractivity contribution in [1.29, 1.82) is 0 Å². The van der Waals surface area contributed by atoms with Gasteiger partial charge >= 0.3 is 0 Å². The van der Waals surface area contributed by atoms with Gasteiger partial charge in [-0.25, -0.2) is 0 Å². The van der Waals surface area contributed by atoms with E-state index in [-0.39, 0.29) is 23.7 Å². The van der Waals surface area contributed by atoms with Gasteiger partial charge in [0.05, 0.1) is 0 Å². The number of nitrogens with zero attached hydrogens (tertiary/aromatic N) is 4. The minimum absolute atomic E-state index is 0.0715. The van der Waals surface area contributed by atoms with Crippen molar-refractivity contribution in [3.63, 3.8) is 0 Å². The number of likely N-dealkylation sites (tertiary alicyclic amines) is 1. The number of aryl methyl sites for hydroxylation is 2. The number of piperidine rings is 1. The lowest BCUT2D eigenvalue weighted by Crippen LogP contribution is -2.41. The first kappa shape index (κ1) is 20.0. The van der Waals surface area contributed by atoms with Crippen molar-refractivity contribution < 1.29 is 18.6 Å². The number of amides is 2. The topological polar surface area (TPSA) is 114 Å². The zero-order chi connectivity index (χ0) is 20.1. The molecule has 1 aliphatic rings. The third-order valence-electron chi connectivity index (χ3n) is 4.88. The highest BCUT2D eigenvalue weighted by molar-refractivity contribution is 5.91. The van der Waals surface area contributed by atoms with E-state index in [1.54, 1.807) is 13.0 Å². The second kappa shape index (κ2) is 8.99. The molecule has 0 bridgehead atoms. The van der Waals surface area contributed by atoms with E-state index in [1.165, 1.54) is 0 Å². The Morgan fingerprint density at radius 1 is 1.25 bits per heavy atom. The number of anilines is 1. The Bertz CT molecular complexity index is 805. The summed E-state index contributed by atoms with van der Waals surface area (Å²) >= 11 is 0. The smallest absolute Gasteiger partial charge is 0.228 e. The molecular formula is C19H27N5O4. The van der Waals surface area contributed by atoms with Gasteiger partial charge in [0, 0.05) is 43.8 Å². The number of hydrogen-bond acceptors (Lipinski definition) is 7. The summed E-state index contributed by atoms with van der Waals surface area (Å²) in [6.45, 7) is 6.97. The molecule has 28 heavy (non-hydrogen) atoms. The highest BCUT2D eigenvalue weighted by Gasteiger charge is 2.27. The van der Waals surface area contributed by atoms with Gasteiger partial charge in [0.1, 0.15) is 5.76 Å². The molecule has 2 aromatic heterocycles. The molecule has 0 spiro atoms. The summed E-state index contributed by atoms with van der Waals surface area (Å²) < 4.78 is 10.2. The molecule has 0 aromatic carbocycles. The fraction of sp³-hybridized carbons (Fsp3) is 0.632. The largest absolute Gasteiger partial charge is 0.360 e. The van der Waals surface area contributed by atoms with Crippen LogP contribution in [-0.2, 0) is 16.0 Å². The van der Waals surface area contributed by atoms with E-state index < -0.39 is 0 Å². The maximum atomic E-state index is 12.4. The Balaban J connectivity index is 1.37. The van der Waals surface area contributed by atoms with Crippen LogP contribution in [-0.4, -0.2) is 45.1 Å². The molecule has 0 unspecified atom stereocenters. The molecule has 152 valence electrons. The van der Waals surface area contributed by atoms with Crippen LogP contribution in [0.15, 0.2) is 15.1 Å². The fourth-order valence-corrected chi connectivity index (χ4v) is 3.20. The van der Waals surface area contributed by atoms with Gasteiger partial charge in [-0.3, -0.25) is 9.59 Å². The maximum Gasteiger partial charge on any atom is 0.228 e. The molecule has 0 radical (unpaired) electrons. The Morgan fingerprint density at radius 3 is 2.61 bits per heavy atom. The van der Waals surface area contributed by atoms with E-state index in [0.29, 0.717) is 68.5 Å². The first-order valence-electron chi connectivity index (χ1n) is 9.77. The molecule has 2 amide bonds. The standard InChI is InChI=1S/C19H27N5O4/c1-12(2)18-21-16(28-23-18)5-4-6-17(25)24-9-7-14(8-10-24)19(26)20-15-11-13(3)27-22-15/h11-12,14H,4-10H2,1-3H3,(H,20,22,26). The Kier molecular flexibility index (Phi) is 6.43. The third-order valence-corrected chi connectivity index (χ3v) is 4.88. The van der Waals surface area contributed by atoms with Crippen LogP contribution in [0, 0.1) is 12.8 Å². The number of rotatable bonds is 7. The Labute approximate surface area is 163 Å². The van der Waals surface area contributed by atoms with Crippen LogP contribution in [0.25, 0.3) is 0 Å². The van der Waals surface area contributed by atoms with E-state index in [2.05, 4.69) is 20.6 Å². The molecule has 0 saturated carbocycles. The van der Waals surface area contributed by atoms with Crippen LogP contribution in [0.5, 0.6) is 0 Å². The number of carbonyl (C=O) groups excluding carboxylic acids is 2. The SMILES string of the molecule is Cc1cc(NC(=O)C2CCN(C(=O)CCCc3nc(C(C)C)no3)CC2)no1. The van der Waals surface area contributed by atoms with Gasteiger partial charge in [-0.1, -0.05) is 24.2 Å². The molecule has 3 rings (SSSR count). The molecule has 1 N–H and O–H groups in total. The molecular weight excluding hydrogens is 362 g/mol. The van der Waals surface area contributed by atoms with Crippen molar-refractivity contribution in [3.8, 4) is 0 Å². The summed E-state index contributed by atoms with van der Waals surface area (Å²) in [5.41, 5.74) is 0. The molecule has 1 saturated heterocycles. The lowest BCUT2D eigenvalue weighted by molar-refractivity contribution is -0.134. The van der Waals surface area contributed by atoms with Crippen molar-refractivity contribution >= 4 is 17.6 Å². The molecule has 0 aliphatic carbocycles. The van der Waals surface area contributed by atoms with Crippen molar-refractivity contribution in [2.45, 2.75) is 58.8 Å². The number of nitrogens with one attached hydrogen (secondary N) is 1. The van der Waals surface area contributed by atoms with Gasteiger partial charge in [0.25, 0.3) is 0 Å². The first-order chi connectivity index (χ1) is 13.4. The lowest BCUT2D eigenvalue weighted by Gasteiger charge is -2.31. The zero-order valence-corrected chi connectivity index (χ0v) is 16.6. The predicted molar refractivity (Wildman–Crippen MR) is 100 cm³/mol. The second-order valence-electron chi connectivity index (χ2n) is 7.52. The molecule has 1 fully saturated rings. The van der Waals surface area contributed by atoms with Crippen molar-refractivity contribution in [1.82, 2.24) is 20.2 Å². The Hall–Kier alpha value is -2.71. The Morgan fingerprint density at radius 2 is 2.00 bits per heavy atom. The maximum absolute atomic E-state index is 12.4. The average Bonchev–Trinajstić information content (AvgIpc) is 3.31. The number of carbonyl (C=O) groups is 2. The van der Waals surface area contributed by atoms with E-state index in [1.807, 2.05) is 18.7 Å². The summed E-state index contributed by atoms with van der Waals surface area (Å²) in [6, 6.07) is 1.68. The van der Waals surface area contributed by atoms with E-state index in [4.69, 9.17) is 9.05 Å². The normalized spacial score (nSPS) is 15.2. The van der Waals surface area contributed by atoms with E-state index >= 15 is 0 Å². The fourth-order valence-electron chi connectivity index (χ4n) is 3.20. The summed E-state index contributed by atoms with van der Waals surface area (Å²) in [4.78, 5) is 30.9. The summed E-state index contributed by atoms with van der Waals surface area (Å²) in [5.74, 6) is 2.50. The van der Waals surface area contributed by atoms with E-state index in [9.17, 15) is 9.59 Å². The van der Waals surface area contributed by atoms with Crippen molar-refractivity contribution in [2.24, 2.45) is 5.92 Å². The minimum atomic E-state index is -0.117. The highest BCUT2D eigenvalue weighted by Crippen LogP contribution is 2.20. The number of aromatic nitrogens is 3. The third kappa shape index (κ3) is 5.17. The molecule has 9 heteroatoms. The van der Waals surface area contributed by atoms with Crippen LogP contribution in [0.3, 0.4) is 0 Å². The minimum Gasteiger partial charge on any atom is -0.360 e. The van der Waals surface area contributed by atoms with Crippen LogP contribution in [0.4, 0.5) is 5.82 Å². The van der Waals surface area contributed by atoms with Gasteiger partial charge in [-0.2, -0.15) is 4.98 Å². The van der Waals surface area contributed by atoms with Crippen LogP contribution >= 0.6 is 0 Å². The van der Waals surface area contributed by atoms with Crippen molar-refractivity contribution in [2.75, 3.05) is 18.4 Å². The molecule has 0 atom stereocenters. The van der Waals surface area contributed by atoms with Crippen LogP contribution in [0.2, 0.25) is 0 Å². The van der Waals surface area contributed by atoms with Gasteiger partial charge in [-0.05, 0) is 26.2 Å².